The standard InChI is InChI=1S/C21H14N6O/c1-28-15-5-6-17-16(10-15)21(26-20(25-17)13-3-2-8-23-11-13)24-14-4-7-18-19(9-14)27(18)12-22/h2-11H,1H3,(H,24,25,26). The number of anilines is 4. The van der Waals surface area contributed by atoms with Gasteiger partial charge in [0.1, 0.15) is 11.6 Å². The van der Waals surface area contributed by atoms with Crippen LogP contribution in [0.4, 0.5) is 22.9 Å². The van der Waals surface area contributed by atoms with Crippen LogP contribution in [-0.4, -0.2) is 22.1 Å². The number of nitrogens with zero attached hydrogens (tertiary/aromatic N) is 5. The molecule has 0 unspecified atom stereocenters. The van der Waals surface area contributed by atoms with Gasteiger partial charge < -0.3 is 10.1 Å². The Hall–Kier alpha value is -4.18. The van der Waals surface area contributed by atoms with Crippen LogP contribution in [0, 0.1) is 11.5 Å². The number of pyridine rings is 1. The van der Waals surface area contributed by atoms with Crippen LogP contribution in [0.2, 0.25) is 0 Å². The third-order valence-electron chi connectivity index (χ3n) is 4.59. The first-order chi connectivity index (χ1) is 13.8. The molecule has 4 aromatic rings. The molecule has 1 aliphatic heterocycles. The number of fused-ring (bicyclic) bond motifs is 2. The Labute approximate surface area is 160 Å². The van der Waals surface area contributed by atoms with Crippen molar-refractivity contribution in [3.63, 3.8) is 0 Å². The fraction of sp³-hybridized carbons (Fsp3) is 0.0476. The van der Waals surface area contributed by atoms with E-state index in [1.807, 2.05) is 48.5 Å². The van der Waals surface area contributed by atoms with Gasteiger partial charge in [0.25, 0.3) is 0 Å². The molecule has 1 N–H and O–H groups in total. The first-order valence-corrected chi connectivity index (χ1v) is 8.64. The number of hydrogen-bond donors (Lipinski definition) is 1. The Morgan fingerprint density at radius 1 is 1.07 bits per heavy atom. The summed E-state index contributed by atoms with van der Waals surface area (Å²) in [5.74, 6) is 1.97. The van der Waals surface area contributed by atoms with Crippen LogP contribution >= 0.6 is 0 Å². The number of hydrogen-bond acceptors (Lipinski definition) is 7. The maximum absolute atomic E-state index is 9.08. The average Bonchev–Trinajstić information content (AvgIpc) is 3.46. The molecule has 134 valence electrons. The molecule has 2 aromatic heterocycles. The van der Waals surface area contributed by atoms with Crippen LogP contribution in [0.5, 0.6) is 5.75 Å². The summed E-state index contributed by atoms with van der Waals surface area (Å²) in [5, 5.41) is 13.3. The highest BCUT2D eigenvalue weighted by Crippen LogP contribution is 2.48. The number of nitrogens with one attached hydrogen (secondary N) is 1. The second kappa shape index (κ2) is 6.21. The predicted molar refractivity (Wildman–Crippen MR) is 107 cm³/mol. The Balaban J connectivity index is 1.63. The van der Waals surface area contributed by atoms with Crippen LogP contribution in [0.15, 0.2) is 60.9 Å². The van der Waals surface area contributed by atoms with E-state index in [1.165, 1.54) is 0 Å². The van der Waals surface area contributed by atoms with Gasteiger partial charge in [0.2, 0.25) is 0 Å². The molecular formula is C21H14N6O. The van der Waals surface area contributed by atoms with Gasteiger partial charge >= 0.3 is 0 Å². The lowest BCUT2D eigenvalue weighted by Gasteiger charge is -2.11. The lowest BCUT2D eigenvalue weighted by Crippen LogP contribution is -1.99. The van der Waals surface area contributed by atoms with Crippen molar-refractivity contribution in [2.24, 2.45) is 0 Å². The SMILES string of the molecule is COc1ccc2nc(-c3cccnc3)nc(Nc3ccc4c(c3)N4C#N)c2c1. The van der Waals surface area contributed by atoms with E-state index >= 15 is 0 Å². The first-order valence-electron chi connectivity index (χ1n) is 8.64. The topological polar surface area (TPSA) is 86.7 Å². The van der Waals surface area contributed by atoms with Gasteiger partial charge in [0, 0.05) is 29.0 Å². The van der Waals surface area contributed by atoms with Gasteiger partial charge in [-0.1, -0.05) is 0 Å². The van der Waals surface area contributed by atoms with Crippen molar-refractivity contribution in [1.29, 1.82) is 5.26 Å². The molecule has 0 bridgehead atoms. The normalized spacial score (nSPS) is 11.6. The fourth-order valence-electron chi connectivity index (χ4n) is 3.13. The van der Waals surface area contributed by atoms with Gasteiger partial charge in [-0.05, 0) is 48.5 Å². The maximum Gasteiger partial charge on any atom is 0.189 e. The summed E-state index contributed by atoms with van der Waals surface area (Å²) < 4.78 is 5.36. The molecule has 5 rings (SSSR count). The minimum Gasteiger partial charge on any atom is -0.497 e. The number of benzene rings is 2. The molecule has 7 heteroatoms. The molecule has 1 aliphatic rings. The van der Waals surface area contributed by atoms with Crippen molar-refractivity contribution in [1.82, 2.24) is 15.0 Å². The molecule has 0 amide bonds. The molecular weight excluding hydrogens is 352 g/mol. The first kappa shape index (κ1) is 16.0. The molecule has 2 aromatic carbocycles. The highest BCUT2D eigenvalue weighted by Gasteiger charge is 2.29. The zero-order chi connectivity index (χ0) is 19.1. The van der Waals surface area contributed by atoms with Crippen LogP contribution in [0.25, 0.3) is 22.3 Å². The Morgan fingerprint density at radius 3 is 2.79 bits per heavy atom. The lowest BCUT2D eigenvalue weighted by atomic mass is 10.2. The third kappa shape index (κ3) is 2.64. The van der Waals surface area contributed by atoms with Gasteiger partial charge in [0.15, 0.2) is 12.0 Å². The zero-order valence-corrected chi connectivity index (χ0v) is 14.9. The van der Waals surface area contributed by atoms with E-state index in [9.17, 15) is 0 Å². The van der Waals surface area contributed by atoms with Crippen molar-refractivity contribution in [2.45, 2.75) is 0 Å². The maximum atomic E-state index is 9.08. The molecule has 0 radical (unpaired) electrons. The monoisotopic (exact) mass is 366 g/mol. The van der Waals surface area contributed by atoms with Gasteiger partial charge in [-0.3, -0.25) is 4.98 Å². The second-order valence-corrected chi connectivity index (χ2v) is 6.28. The van der Waals surface area contributed by atoms with Gasteiger partial charge in [-0.25, -0.2) is 14.9 Å². The molecule has 0 aliphatic carbocycles. The molecule has 28 heavy (non-hydrogen) atoms. The quantitative estimate of drug-likeness (QED) is 0.424. The van der Waals surface area contributed by atoms with E-state index in [0.717, 1.165) is 39.3 Å². The zero-order valence-electron chi connectivity index (χ0n) is 14.9. The lowest BCUT2D eigenvalue weighted by molar-refractivity contribution is 0.415. The highest BCUT2D eigenvalue weighted by atomic mass is 16.5. The van der Waals surface area contributed by atoms with E-state index in [1.54, 1.807) is 24.4 Å². The summed E-state index contributed by atoms with van der Waals surface area (Å²) in [5.41, 5.74) is 4.30. The van der Waals surface area contributed by atoms with Crippen LogP contribution in [0.1, 0.15) is 0 Å². The molecule has 3 heterocycles. The Kier molecular flexibility index (Phi) is 3.56. The van der Waals surface area contributed by atoms with E-state index in [-0.39, 0.29) is 0 Å². The summed E-state index contributed by atoms with van der Waals surface area (Å²) in [7, 11) is 1.63. The molecule has 0 saturated heterocycles. The fourth-order valence-corrected chi connectivity index (χ4v) is 3.13. The summed E-state index contributed by atoms with van der Waals surface area (Å²) in [6.07, 6.45) is 5.58. The largest absolute Gasteiger partial charge is 0.497 e. The van der Waals surface area contributed by atoms with E-state index < -0.39 is 0 Å². The smallest absolute Gasteiger partial charge is 0.189 e. The predicted octanol–water partition coefficient (Wildman–Crippen LogP) is 4.38. The van der Waals surface area contributed by atoms with Crippen LogP contribution in [0.3, 0.4) is 0 Å². The number of methoxy groups -OCH3 is 1. The van der Waals surface area contributed by atoms with E-state index in [4.69, 9.17) is 15.0 Å². The number of nitriles is 1. The summed E-state index contributed by atoms with van der Waals surface area (Å²) in [6, 6.07) is 15.2. The van der Waals surface area contributed by atoms with Crippen molar-refractivity contribution >= 4 is 33.8 Å². The van der Waals surface area contributed by atoms with Gasteiger partial charge in [0.05, 0.1) is 24.0 Å². The Bertz CT molecular complexity index is 1250. The minimum absolute atomic E-state index is 0.582. The molecule has 0 fully saturated rings. The van der Waals surface area contributed by atoms with E-state index in [2.05, 4.69) is 21.5 Å². The summed E-state index contributed by atoms with van der Waals surface area (Å²) >= 11 is 0. The molecule has 0 atom stereocenters. The van der Waals surface area contributed by atoms with Crippen molar-refractivity contribution < 1.29 is 4.74 Å². The number of rotatable bonds is 4. The van der Waals surface area contributed by atoms with Crippen LogP contribution < -0.4 is 15.0 Å². The highest BCUT2D eigenvalue weighted by molar-refractivity contribution is 5.99. The second-order valence-electron chi connectivity index (χ2n) is 6.28. The number of ether oxygens (including phenoxy) is 1. The van der Waals surface area contributed by atoms with Gasteiger partial charge in [-0.2, -0.15) is 5.26 Å². The number of aromatic nitrogens is 3. The molecule has 0 spiro atoms. The summed E-state index contributed by atoms with van der Waals surface area (Å²) in [6.45, 7) is 0. The third-order valence-corrected chi connectivity index (χ3v) is 4.59. The van der Waals surface area contributed by atoms with Crippen LogP contribution in [-0.2, 0) is 0 Å². The molecule has 0 saturated carbocycles. The molecule has 7 nitrogen and oxygen atoms in total. The van der Waals surface area contributed by atoms with Crippen molar-refractivity contribution in [2.75, 3.05) is 17.3 Å². The van der Waals surface area contributed by atoms with Crippen molar-refractivity contribution in [3.05, 3.63) is 60.9 Å². The van der Waals surface area contributed by atoms with Gasteiger partial charge in [-0.15, -0.1) is 0 Å². The minimum atomic E-state index is 0.582. The average molecular weight is 366 g/mol. The Morgan fingerprint density at radius 2 is 2.00 bits per heavy atom. The summed E-state index contributed by atoms with van der Waals surface area (Å²) in [4.78, 5) is 15.1. The van der Waals surface area contributed by atoms with Crippen molar-refractivity contribution in [3.8, 4) is 23.3 Å². The van der Waals surface area contributed by atoms with E-state index in [0.29, 0.717) is 11.6 Å².